The largest absolute Gasteiger partial charge is 0.301 e. The van der Waals surface area contributed by atoms with Crippen LogP contribution in [0.25, 0.3) is 0 Å². The van der Waals surface area contributed by atoms with Gasteiger partial charge in [0.1, 0.15) is 0 Å². The average molecular weight is 259 g/mol. The highest BCUT2D eigenvalue weighted by Gasteiger charge is 2.19. The van der Waals surface area contributed by atoms with E-state index in [1.807, 2.05) is 0 Å². The van der Waals surface area contributed by atoms with Gasteiger partial charge in [0, 0.05) is 17.8 Å². The van der Waals surface area contributed by atoms with Crippen LogP contribution in [0.3, 0.4) is 0 Å². The smallest absolute Gasteiger partial charge is 0.0929 e. The summed E-state index contributed by atoms with van der Waals surface area (Å²) in [4.78, 5) is 7.07. The molecular formula is C12H19ClN2S. The van der Waals surface area contributed by atoms with Gasteiger partial charge in [-0.25, -0.2) is 4.98 Å². The van der Waals surface area contributed by atoms with E-state index in [9.17, 15) is 0 Å². The molecule has 1 fully saturated rings. The van der Waals surface area contributed by atoms with E-state index in [1.54, 1.807) is 11.3 Å². The Morgan fingerprint density at radius 2 is 2.50 bits per heavy atom. The summed E-state index contributed by atoms with van der Waals surface area (Å²) in [5, 5.41) is 3.31. The molecule has 1 unspecified atom stereocenters. The maximum Gasteiger partial charge on any atom is 0.0929 e. The summed E-state index contributed by atoms with van der Waals surface area (Å²) in [6.07, 6.45) is 5.06. The van der Waals surface area contributed by atoms with Crippen LogP contribution < -0.4 is 0 Å². The zero-order valence-corrected chi connectivity index (χ0v) is 11.4. The van der Waals surface area contributed by atoms with Crippen LogP contribution in [0, 0.1) is 0 Å². The Kier molecular flexibility index (Phi) is 4.62. The number of thiazole rings is 1. The van der Waals surface area contributed by atoms with E-state index in [4.69, 9.17) is 11.6 Å². The van der Waals surface area contributed by atoms with Gasteiger partial charge in [-0.15, -0.1) is 22.9 Å². The van der Waals surface area contributed by atoms with Gasteiger partial charge < -0.3 is 4.90 Å². The van der Waals surface area contributed by atoms with E-state index in [-0.39, 0.29) is 0 Å². The molecule has 0 radical (unpaired) electrons. The highest BCUT2D eigenvalue weighted by molar-refractivity contribution is 7.09. The zero-order valence-electron chi connectivity index (χ0n) is 9.79. The minimum Gasteiger partial charge on any atom is -0.301 e. The van der Waals surface area contributed by atoms with Crippen LogP contribution in [-0.4, -0.2) is 29.0 Å². The molecule has 1 saturated heterocycles. The third kappa shape index (κ3) is 3.19. The van der Waals surface area contributed by atoms with E-state index in [1.165, 1.54) is 37.4 Å². The van der Waals surface area contributed by atoms with E-state index >= 15 is 0 Å². The van der Waals surface area contributed by atoms with Gasteiger partial charge in [0.2, 0.25) is 0 Å². The molecule has 1 aliphatic heterocycles. The van der Waals surface area contributed by atoms with Gasteiger partial charge in [0.25, 0.3) is 0 Å². The Labute approximate surface area is 107 Å². The van der Waals surface area contributed by atoms with Crippen LogP contribution in [-0.2, 0) is 12.3 Å². The number of hydrogen-bond acceptors (Lipinski definition) is 3. The highest BCUT2D eigenvalue weighted by Crippen LogP contribution is 2.18. The lowest BCUT2D eigenvalue weighted by Gasteiger charge is -2.20. The number of hydrogen-bond donors (Lipinski definition) is 0. The number of alkyl halides is 1. The van der Waals surface area contributed by atoms with Crippen molar-refractivity contribution < 1.29 is 0 Å². The molecule has 0 bridgehead atoms. The minimum absolute atomic E-state index is 0.541. The summed E-state index contributed by atoms with van der Waals surface area (Å²) in [7, 11) is 0. The predicted octanol–water partition coefficient (Wildman–Crippen LogP) is 3.30. The first-order valence-corrected chi connectivity index (χ1v) is 7.44. The molecule has 0 aromatic carbocycles. The van der Waals surface area contributed by atoms with E-state index in [0.717, 1.165) is 18.2 Å². The molecule has 1 aromatic rings. The molecule has 2 heterocycles. The topological polar surface area (TPSA) is 16.1 Å². The van der Waals surface area contributed by atoms with Crippen LogP contribution >= 0.6 is 22.9 Å². The third-order valence-electron chi connectivity index (χ3n) is 3.26. The molecule has 2 nitrogen and oxygen atoms in total. The van der Waals surface area contributed by atoms with Gasteiger partial charge in [-0.05, 0) is 39.3 Å². The number of rotatable bonds is 5. The van der Waals surface area contributed by atoms with E-state index in [0.29, 0.717) is 5.88 Å². The first-order chi connectivity index (χ1) is 7.79. The van der Waals surface area contributed by atoms with Gasteiger partial charge in [-0.2, -0.15) is 0 Å². The zero-order chi connectivity index (χ0) is 11.4. The average Bonchev–Trinajstić information content (AvgIpc) is 2.89. The van der Waals surface area contributed by atoms with Crippen molar-refractivity contribution in [1.82, 2.24) is 9.88 Å². The summed E-state index contributed by atoms with van der Waals surface area (Å²) in [6, 6.07) is 0.787. The van der Waals surface area contributed by atoms with Crippen molar-refractivity contribution in [3.8, 4) is 0 Å². The summed E-state index contributed by atoms with van der Waals surface area (Å²) < 4.78 is 0. The van der Waals surface area contributed by atoms with Crippen LogP contribution in [0.5, 0.6) is 0 Å². The van der Waals surface area contributed by atoms with E-state index < -0.39 is 0 Å². The van der Waals surface area contributed by atoms with Crippen molar-refractivity contribution >= 4 is 22.9 Å². The molecule has 1 aromatic heterocycles. The summed E-state index contributed by atoms with van der Waals surface area (Å²) in [5.41, 5.74) is 1.02. The Balaban J connectivity index is 1.71. The summed E-state index contributed by atoms with van der Waals surface area (Å²) >= 11 is 7.48. The molecule has 0 saturated carbocycles. The SMILES string of the molecule is CC1CCCN1CCCc1nc(CCl)cs1. The van der Waals surface area contributed by atoms with Crippen LogP contribution in [0.15, 0.2) is 5.38 Å². The molecule has 0 spiro atoms. The highest BCUT2D eigenvalue weighted by atomic mass is 35.5. The van der Waals surface area contributed by atoms with Crippen molar-refractivity contribution in [1.29, 1.82) is 0 Å². The first-order valence-electron chi connectivity index (χ1n) is 6.03. The number of aromatic nitrogens is 1. The lowest BCUT2D eigenvalue weighted by Crippen LogP contribution is -2.28. The number of halogens is 1. The normalized spacial score (nSPS) is 21.8. The number of likely N-dealkylation sites (tertiary alicyclic amines) is 1. The molecule has 4 heteroatoms. The fourth-order valence-electron chi connectivity index (χ4n) is 2.28. The van der Waals surface area contributed by atoms with Gasteiger partial charge >= 0.3 is 0 Å². The molecule has 0 amide bonds. The predicted molar refractivity (Wildman–Crippen MR) is 70.3 cm³/mol. The molecule has 16 heavy (non-hydrogen) atoms. The lowest BCUT2D eigenvalue weighted by atomic mass is 10.2. The molecule has 2 rings (SSSR count). The second kappa shape index (κ2) is 5.99. The minimum atomic E-state index is 0.541. The Morgan fingerprint density at radius 1 is 1.62 bits per heavy atom. The Hall–Kier alpha value is -0.120. The standard InChI is InChI=1S/C12H19ClN2S/c1-10-4-2-6-15(10)7-3-5-12-14-11(8-13)9-16-12/h9-10H,2-8H2,1H3. The lowest BCUT2D eigenvalue weighted by molar-refractivity contribution is 0.265. The van der Waals surface area contributed by atoms with Crippen molar-refractivity contribution in [2.24, 2.45) is 0 Å². The van der Waals surface area contributed by atoms with Gasteiger partial charge in [-0.1, -0.05) is 0 Å². The first kappa shape index (κ1) is 12.3. The molecule has 0 N–H and O–H groups in total. The van der Waals surface area contributed by atoms with Crippen molar-refractivity contribution in [2.45, 2.75) is 44.5 Å². The Bertz CT molecular complexity index is 327. The maximum atomic E-state index is 5.73. The Morgan fingerprint density at radius 3 is 3.12 bits per heavy atom. The van der Waals surface area contributed by atoms with Crippen LogP contribution in [0.4, 0.5) is 0 Å². The van der Waals surface area contributed by atoms with Crippen LogP contribution in [0.2, 0.25) is 0 Å². The summed E-state index contributed by atoms with van der Waals surface area (Å²) in [6.45, 7) is 4.84. The molecular weight excluding hydrogens is 240 g/mol. The monoisotopic (exact) mass is 258 g/mol. The second-order valence-corrected chi connectivity index (χ2v) is 5.71. The second-order valence-electron chi connectivity index (χ2n) is 4.50. The fraction of sp³-hybridized carbons (Fsp3) is 0.750. The van der Waals surface area contributed by atoms with Gasteiger partial charge in [-0.3, -0.25) is 0 Å². The summed E-state index contributed by atoms with van der Waals surface area (Å²) in [5.74, 6) is 0.541. The van der Waals surface area contributed by atoms with E-state index in [2.05, 4.69) is 22.2 Å². The van der Waals surface area contributed by atoms with Gasteiger partial charge in [0.15, 0.2) is 0 Å². The van der Waals surface area contributed by atoms with Crippen molar-refractivity contribution in [2.75, 3.05) is 13.1 Å². The number of nitrogens with zero attached hydrogens (tertiary/aromatic N) is 2. The van der Waals surface area contributed by atoms with Crippen molar-refractivity contribution in [3.05, 3.63) is 16.1 Å². The number of aryl methyl sites for hydroxylation is 1. The quantitative estimate of drug-likeness (QED) is 0.754. The van der Waals surface area contributed by atoms with Crippen LogP contribution in [0.1, 0.15) is 36.9 Å². The van der Waals surface area contributed by atoms with Crippen molar-refractivity contribution in [3.63, 3.8) is 0 Å². The molecule has 90 valence electrons. The maximum absolute atomic E-state index is 5.73. The molecule has 1 atom stereocenters. The molecule has 0 aliphatic carbocycles. The van der Waals surface area contributed by atoms with Gasteiger partial charge in [0.05, 0.1) is 16.6 Å². The third-order valence-corrected chi connectivity index (χ3v) is 4.49. The fourth-order valence-corrected chi connectivity index (χ4v) is 3.35. The molecule has 1 aliphatic rings.